The fourth-order valence-electron chi connectivity index (χ4n) is 2.74. The van der Waals surface area contributed by atoms with E-state index in [-0.39, 0.29) is 17.6 Å². The van der Waals surface area contributed by atoms with Crippen LogP contribution in [-0.2, 0) is 14.8 Å². The normalized spacial score (nSPS) is 14.6. The predicted molar refractivity (Wildman–Crippen MR) is 96.9 cm³/mol. The van der Waals surface area contributed by atoms with Crippen molar-refractivity contribution in [3.63, 3.8) is 0 Å². The van der Waals surface area contributed by atoms with Gasteiger partial charge in [0.1, 0.15) is 0 Å². The fourth-order valence-corrected chi connectivity index (χ4v) is 3.86. The summed E-state index contributed by atoms with van der Waals surface area (Å²) < 4.78 is 26.1. The van der Waals surface area contributed by atoms with Crippen LogP contribution in [0.25, 0.3) is 0 Å². The van der Waals surface area contributed by atoms with Gasteiger partial charge in [-0.25, -0.2) is 8.42 Å². The molecule has 138 valence electrons. The minimum Gasteiger partial charge on any atom is -0.352 e. The second-order valence-corrected chi connectivity index (χ2v) is 7.94. The number of rotatable bonds is 9. The largest absolute Gasteiger partial charge is 0.352 e. The van der Waals surface area contributed by atoms with Gasteiger partial charge in [0.2, 0.25) is 15.9 Å². The molecule has 0 aliphatic carbocycles. The molecule has 0 unspecified atom stereocenters. The number of nitrogens with zero attached hydrogens (tertiary/aromatic N) is 1. The lowest BCUT2D eigenvalue weighted by Crippen LogP contribution is -2.30. The lowest BCUT2D eigenvalue weighted by atomic mass is 10.2. The number of sulfonamides is 1. The van der Waals surface area contributed by atoms with E-state index in [1.54, 1.807) is 25.1 Å². The van der Waals surface area contributed by atoms with Crippen LogP contribution in [-0.4, -0.2) is 50.5 Å². The third-order valence-electron chi connectivity index (χ3n) is 3.93. The van der Waals surface area contributed by atoms with Gasteiger partial charge in [0.05, 0.1) is 5.75 Å². The van der Waals surface area contributed by atoms with Crippen LogP contribution < -0.4 is 10.0 Å². The van der Waals surface area contributed by atoms with Gasteiger partial charge in [-0.1, -0.05) is 13.0 Å². The van der Waals surface area contributed by atoms with Gasteiger partial charge in [0.25, 0.3) is 5.91 Å². The van der Waals surface area contributed by atoms with Gasteiger partial charge >= 0.3 is 0 Å². The Kier molecular flexibility index (Phi) is 6.81. The maximum absolute atomic E-state index is 12.2. The number of nitrogens with one attached hydrogen (secondary N) is 2. The molecule has 0 radical (unpaired) electrons. The van der Waals surface area contributed by atoms with Crippen LogP contribution in [0.4, 0.5) is 5.69 Å². The standard InChI is InChI=1S/C17H25N3O4S/c1-2-12-25(23,24)19-15-7-3-6-14(13-15)17(22)18-9-5-11-20-10-4-8-16(20)21/h3,6-7,13,19H,2,4-5,8-12H2,1H3,(H,18,22). The highest BCUT2D eigenvalue weighted by Crippen LogP contribution is 2.13. The molecule has 1 saturated heterocycles. The first-order chi connectivity index (χ1) is 11.9. The zero-order valence-electron chi connectivity index (χ0n) is 14.5. The maximum Gasteiger partial charge on any atom is 0.251 e. The number of anilines is 1. The third kappa shape index (κ3) is 6.04. The molecule has 0 aromatic heterocycles. The number of hydrogen-bond donors (Lipinski definition) is 2. The Morgan fingerprint density at radius 2 is 2.12 bits per heavy atom. The van der Waals surface area contributed by atoms with Crippen molar-refractivity contribution in [1.29, 1.82) is 0 Å². The average molecular weight is 367 g/mol. The summed E-state index contributed by atoms with van der Waals surface area (Å²) in [6.45, 7) is 3.70. The van der Waals surface area contributed by atoms with Crippen molar-refractivity contribution in [2.75, 3.05) is 30.1 Å². The number of benzene rings is 1. The smallest absolute Gasteiger partial charge is 0.251 e. The number of carbonyl (C=O) groups excluding carboxylic acids is 2. The second kappa shape index (κ2) is 8.84. The summed E-state index contributed by atoms with van der Waals surface area (Å²) in [6.07, 6.45) is 2.74. The van der Waals surface area contributed by atoms with Gasteiger partial charge in [0, 0.05) is 37.3 Å². The van der Waals surface area contributed by atoms with Crippen molar-refractivity contribution in [3.05, 3.63) is 29.8 Å². The summed E-state index contributed by atoms with van der Waals surface area (Å²) in [4.78, 5) is 25.5. The molecule has 1 heterocycles. The highest BCUT2D eigenvalue weighted by Gasteiger charge is 2.19. The highest BCUT2D eigenvalue weighted by molar-refractivity contribution is 7.92. The lowest BCUT2D eigenvalue weighted by Gasteiger charge is -2.15. The van der Waals surface area contributed by atoms with Gasteiger partial charge in [-0.15, -0.1) is 0 Å². The summed E-state index contributed by atoms with van der Waals surface area (Å²) in [5.74, 6) is -0.0405. The molecule has 1 aromatic carbocycles. The number of hydrogen-bond acceptors (Lipinski definition) is 4. The summed E-state index contributed by atoms with van der Waals surface area (Å²) in [7, 11) is -3.38. The van der Waals surface area contributed by atoms with Crippen molar-refractivity contribution in [3.8, 4) is 0 Å². The molecule has 1 aliphatic rings. The lowest BCUT2D eigenvalue weighted by molar-refractivity contribution is -0.127. The van der Waals surface area contributed by atoms with Crippen LogP contribution in [0.2, 0.25) is 0 Å². The molecule has 2 amide bonds. The summed E-state index contributed by atoms with van der Waals surface area (Å²) in [6, 6.07) is 6.41. The van der Waals surface area contributed by atoms with Crippen LogP contribution >= 0.6 is 0 Å². The maximum atomic E-state index is 12.2. The van der Waals surface area contributed by atoms with Crippen LogP contribution in [0.3, 0.4) is 0 Å². The Balaban J connectivity index is 1.83. The van der Waals surface area contributed by atoms with Gasteiger partial charge in [-0.3, -0.25) is 14.3 Å². The Labute approximate surface area is 148 Å². The molecule has 0 bridgehead atoms. The predicted octanol–water partition coefficient (Wildman–Crippen LogP) is 1.58. The van der Waals surface area contributed by atoms with Gasteiger partial charge in [-0.05, 0) is 37.5 Å². The quantitative estimate of drug-likeness (QED) is 0.648. The SMILES string of the molecule is CCCS(=O)(=O)Nc1cccc(C(=O)NCCCN2CCCC2=O)c1. The monoisotopic (exact) mass is 367 g/mol. The van der Waals surface area contributed by atoms with Crippen molar-refractivity contribution in [2.45, 2.75) is 32.6 Å². The van der Waals surface area contributed by atoms with E-state index in [0.29, 0.717) is 43.6 Å². The van der Waals surface area contributed by atoms with E-state index in [1.807, 2.05) is 4.90 Å². The first-order valence-electron chi connectivity index (χ1n) is 8.58. The molecule has 7 nitrogen and oxygen atoms in total. The molecule has 1 fully saturated rings. The average Bonchev–Trinajstić information content (AvgIpc) is 2.96. The highest BCUT2D eigenvalue weighted by atomic mass is 32.2. The first kappa shape index (κ1) is 19.2. The van der Waals surface area contributed by atoms with Crippen molar-refractivity contribution in [1.82, 2.24) is 10.2 Å². The van der Waals surface area contributed by atoms with E-state index in [2.05, 4.69) is 10.0 Å². The Hall–Kier alpha value is -2.09. The molecule has 1 aliphatic heterocycles. The van der Waals surface area contributed by atoms with E-state index in [9.17, 15) is 18.0 Å². The first-order valence-corrected chi connectivity index (χ1v) is 10.2. The van der Waals surface area contributed by atoms with Crippen LogP contribution in [0.15, 0.2) is 24.3 Å². The molecule has 8 heteroatoms. The molecule has 2 rings (SSSR count). The molecular weight excluding hydrogens is 342 g/mol. The minimum atomic E-state index is -3.38. The second-order valence-electron chi connectivity index (χ2n) is 6.10. The molecule has 0 spiro atoms. The van der Waals surface area contributed by atoms with E-state index in [4.69, 9.17) is 0 Å². The molecule has 1 aromatic rings. The van der Waals surface area contributed by atoms with E-state index in [0.717, 1.165) is 13.0 Å². The van der Waals surface area contributed by atoms with E-state index < -0.39 is 10.0 Å². The molecule has 0 saturated carbocycles. The Morgan fingerprint density at radius 3 is 2.80 bits per heavy atom. The topological polar surface area (TPSA) is 95.6 Å². The Morgan fingerprint density at radius 1 is 1.32 bits per heavy atom. The molecule has 25 heavy (non-hydrogen) atoms. The molecule has 0 atom stereocenters. The minimum absolute atomic E-state index is 0.0403. The van der Waals surface area contributed by atoms with Gasteiger partial charge in [0.15, 0.2) is 0 Å². The fraction of sp³-hybridized carbons (Fsp3) is 0.529. The third-order valence-corrected chi connectivity index (χ3v) is 5.43. The van der Waals surface area contributed by atoms with Crippen molar-refractivity contribution < 1.29 is 18.0 Å². The summed E-state index contributed by atoms with van der Waals surface area (Å²) in [5, 5.41) is 2.80. The van der Waals surface area contributed by atoms with Crippen LogP contribution in [0.1, 0.15) is 43.0 Å². The summed E-state index contributed by atoms with van der Waals surface area (Å²) in [5.41, 5.74) is 0.776. The van der Waals surface area contributed by atoms with Crippen LogP contribution in [0, 0.1) is 0 Å². The van der Waals surface area contributed by atoms with Gasteiger partial charge in [-0.2, -0.15) is 0 Å². The zero-order valence-corrected chi connectivity index (χ0v) is 15.3. The number of amides is 2. The molecule has 2 N–H and O–H groups in total. The van der Waals surface area contributed by atoms with E-state index in [1.165, 1.54) is 6.07 Å². The van der Waals surface area contributed by atoms with E-state index >= 15 is 0 Å². The molecular formula is C17H25N3O4S. The summed E-state index contributed by atoms with van der Waals surface area (Å²) >= 11 is 0. The van der Waals surface area contributed by atoms with Crippen molar-refractivity contribution in [2.24, 2.45) is 0 Å². The van der Waals surface area contributed by atoms with Gasteiger partial charge < -0.3 is 10.2 Å². The Bertz CT molecular complexity index is 718. The number of likely N-dealkylation sites (tertiary alicyclic amines) is 1. The van der Waals surface area contributed by atoms with Crippen LogP contribution in [0.5, 0.6) is 0 Å². The zero-order chi connectivity index (χ0) is 18.3. The van der Waals surface area contributed by atoms with Crippen molar-refractivity contribution >= 4 is 27.5 Å². The number of carbonyl (C=O) groups is 2.